The third-order valence-corrected chi connectivity index (χ3v) is 17.3. The molecule has 6 heteroatoms. The van der Waals surface area contributed by atoms with Gasteiger partial charge in [-0.25, -0.2) is 0 Å². The van der Waals surface area contributed by atoms with Gasteiger partial charge in [0.1, 0.15) is 12.1 Å². The SMILES string of the molecule is N#Cc1c(-c2ccccc2-c2ccccc2)c(C#N)c(-n2c3ccccc3c3cc4c(cc32)sc2ccccc24)c(-c2ccccc2-c2ccccc2)c1-n1c2ccccc2c2cc3c(cc21)sc1ccccc13. The van der Waals surface area contributed by atoms with E-state index in [9.17, 15) is 10.5 Å². The maximum atomic E-state index is 12.4. The van der Waals surface area contributed by atoms with Crippen LogP contribution >= 0.6 is 22.7 Å². The first kappa shape index (κ1) is 42.2. The maximum Gasteiger partial charge on any atom is 0.102 e. The number of hydrogen-bond acceptors (Lipinski definition) is 4. The molecular formula is C68H38N4S2. The number of benzene rings is 11. The van der Waals surface area contributed by atoms with E-state index in [4.69, 9.17) is 0 Å². The summed E-state index contributed by atoms with van der Waals surface area (Å²) in [6.45, 7) is 0. The zero-order valence-corrected chi connectivity index (χ0v) is 41.2. The number of nitrogens with zero attached hydrogens (tertiary/aromatic N) is 4. The highest BCUT2D eigenvalue weighted by molar-refractivity contribution is 7.26. The fourth-order valence-electron chi connectivity index (χ4n) is 11.9. The molecule has 15 rings (SSSR count). The molecule has 15 aromatic rings. The Balaban J connectivity index is 1.22. The van der Waals surface area contributed by atoms with Crippen LogP contribution in [0.3, 0.4) is 0 Å². The van der Waals surface area contributed by atoms with Crippen LogP contribution in [0.25, 0.3) is 140 Å². The molecule has 0 unspecified atom stereocenters. The molecule has 0 saturated carbocycles. The lowest BCUT2D eigenvalue weighted by Crippen LogP contribution is -2.12. The van der Waals surface area contributed by atoms with E-state index < -0.39 is 0 Å². The molecule has 0 aliphatic carbocycles. The molecule has 0 radical (unpaired) electrons. The Morgan fingerprint density at radius 2 is 0.649 bits per heavy atom. The quantitative estimate of drug-likeness (QED) is 0.167. The molecule has 11 aromatic carbocycles. The van der Waals surface area contributed by atoms with Crippen LogP contribution < -0.4 is 0 Å². The standard InChI is InChI=1S/C68H38N4S2/c69-39-55-65(49-29-9-7-23-43(49)41-19-3-1-4-20-41)56(40-70)68(72-58-32-16-12-26-46(58)52-36-54-48-28-14-18-34-62(48)74-64(54)38-60(52)72)66(50-30-10-8-24-44(50)42-21-5-2-6-22-42)67(55)71-57-31-15-11-25-45(57)51-35-53-47-27-13-17-33-61(47)73-63(53)37-59(51)71/h1-38H. The van der Waals surface area contributed by atoms with Crippen LogP contribution in [-0.4, -0.2) is 9.13 Å². The van der Waals surface area contributed by atoms with Gasteiger partial charge in [-0.1, -0.05) is 182 Å². The molecule has 0 spiro atoms. The van der Waals surface area contributed by atoms with Gasteiger partial charge in [-0.3, -0.25) is 0 Å². The molecule has 0 saturated heterocycles. The normalized spacial score (nSPS) is 11.8. The molecule has 0 fully saturated rings. The summed E-state index contributed by atoms with van der Waals surface area (Å²) in [7, 11) is 0. The molecule has 0 N–H and O–H groups in total. The average Bonchev–Trinajstić information content (AvgIpc) is 4.20. The summed E-state index contributed by atoms with van der Waals surface area (Å²) >= 11 is 3.58. The third-order valence-electron chi connectivity index (χ3n) is 15.0. The summed E-state index contributed by atoms with van der Waals surface area (Å²) in [6, 6.07) is 87.2. The predicted molar refractivity (Wildman–Crippen MR) is 312 cm³/mol. The smallest absolute Gasteiger partial charge is 0.102 e. The minimum atomic E-state index is 0.415. The van der Waals surface area contributed by atoms with Crippen molar-refractivity contribution in [2.45, 2.75) is 0 Å². The first-order chi connectivity index (χ1) is 36.7. The second kappa shape index (κ2) is 16.5. The van der Waals surface area contributed by atoms with Crippen molar-refractivity contribution < 1.29 is 0 Å². The van der Waals surface area contributed by atoms with Gasteiger partial charge in [0.2, 0.25) is 0 Å². The second-order valence-corrected chi connectivity index (χ2v) is 21.0. The molecule has 0 aliphatic rings. The summed E-state index contributed by atoms with van der Waals surface area (Å²) in [5, 5.41) is 33.9. The third kappa shape index (κ3) is 6.11. The van der Waals surface area contributed by atoms with E-state index in [0.717, 1.165) is 92.0 Å². The van der Waals surface area contributed by atoms with Crippen molar-refractivity contribution >= 4 is 107 Å². The van der Waals surface area contributed by atoms with Gasteiger partial charge in [-0.05, 0) is 81.9 Å². The fraction of sp³-hybridized carbons (Fsp3) is 0. The molecule has 0 aliphatic heterocycles. The van der Waals surface area contributed by atoms with Gasteiger partial charge in [-0.15, -0.1) is 22.7 Å². The summed E-state index contributed by atoms with van der Waals surface area (Å²) < 4.78 is 9.46. The van der Waals surface area contributed by atoms with E-state index in [1.165, 1.54) is 30.9 Å². The first-order valence-electron chi connectivity index (χ1n) is 24.7. The largest absolute Gasteiger partial charge is 0.307 e. The van der Waals surface area contributed by atoms with Crippen molar-refractivity contribution in [1.29, 1.82) is 10.5 Å². The van der Waals surface area contributed by atoms with E-state index >= 15 is 0 Å². The van der Waals surface area contributed by atoms with Gasteiger partial charge in [0.25, 0.3) is 0 Å². The van der Waals surface area contributed by atoms with Crippen molar-refractivity contribution in [1.82, 2.24) is 9.13 Å². The number of fused-ring (bicyclic) bond motifs is 12. The molecule has 4 aromatic heterocycles. The number of nitriles is 2. The predicted octanol–water partition coefficient (Wildman–Crippen LogP) is 19.0. The monoisotopic (exact) mass is 974 g/mol. The number of rotatable bonds is 6. The summed E-state index contributed by atoms with van der Waals surface area (Å²) in [4.78, 5) is 0. The van der Waals surface area contributed by atoms with Crippen LogP contribution in [0.5, 0.6) is 0 Å². The molecule has 4 nitrogen and oxygen atoms in total. The Labute approximate surface area is 433 Å². The summed E-state index contributed by atoms with van der Waals surface area (Å²) in [5.74, 6) is 0. The topological polar surface area (TPSA) is 57.4 Å². The average molecular weight is 975 g/mol. The van der Waals surface area contributed by atoms with Gasteiger partial charge in [0.15, 0.2) is 0 Å². The number of aromatic nitrogens is 2. The molecule has 4 heterocycles. The van der Waals surface area contributed by atoms with Crippen LogP contribution in [0, 0.1) is 22.7 Å². The zero-order chi connectivity index (χ0) is 49.0. The highest BCUT2D eigenvalue weighted by Crippen LogP contribution is 2.53. The minimum absolute atomic E-state index is 0.415. The molecular weight excluding hydrogens is 937 g/mol. The van der Waals surface area contributed by atoms with E-state index in [0.29, 0.717) is 28.1 Å². The lowest BCUT2D eigenvalue weighted by molar-refractivity contribution is 1.12. The van der Waals surface area contributed by atoms with Gasteiger partial charge in [0, 0.05) is 73.0 Å². The molecule has 0 bridgehead atoms. The van der Waals surface area contributed by atoms with Crippen LogP contribution in [0.1, 0.15) is 11.1 Å². The number of para-hydroxylation sites is 2. The lowest BCUT2D eigenvalue weighted by Gasteiger charge is -2.27. The lowest BCUT2D eigenvalue weighted by atomic mass is 9.82. The van der Waals surface area contributed by atoms with Crippen LogP contribution in [0.15, 0.2) is 231 Å². The van der Waals surface area contributed by atoms with E-state index in [1.54, 1.807) is 22.7 Å². The summed E-state index contributed by atoms with van der Waals surface area (Å²) in [5.41, 5.74) is 13.2. The Bertz CT molecular complexity index is 4690. The summed E-state index contributed by atoms with van der Waals surface area (Å²) in [6.07, 6.45) is 0. The number of hydrogen-bond donors (Lipinski definition) is 0. The highest BCUT2D eigenvalue weighted by atomic mass is 32.1. The van der Waals surface area contributed by atoms with Crippen LogP contribution in [0.2, 0.25) is 0 Å². The van der Waals surface area contributed by atoms with Crippen molar-refractivity contribution in [3.63, 3.8) is 0 Å². The van der Waals surface area contributed by atoms with Crippen LogP contribution in [0.4, 0.5) is 0 Å². The van der Waals surface area contributed by atoms with Crippen LogP contribution in [-0.2, 0) is 0 Å². The van der Waals surface area contributed by atoms with Crippen molar-refractivity contribution in [2.24, 2.45) is 0 Å². The molecule has 0 amide bonds. The molecule has 74 heavy (non-hydrogen) atoms. The van der Waals surface area contributed by atoms with Gasteiger partial charge < -0.3 is 9.13 Å². The highest BCUT2D eigenvalue weighted by Gasteiger charge is 2.33. The van der Waals surface area contributed by atoms with E-state index in [-0.39, 0.29) is 0 Å². The van der Waals surface area contributed by atoms with Crippen molar-refractivity contribution in [2.75, 3.05) is 0 Å². The Morgan fingerprint density at radius 3 is 1.09 bits per heavy atom. The van der Waals surface area contributed by atoms with E-state index in [2.05, 4.69) is 215 Å². The molecule has 342 valence electrons. The molecule has 0 atom stereocenters. The zero-order valence-electron chi connectivity index (χ0n) is 39.5. The first-order valence-corrected chi connectivity index (χ1v) is 26.3. The van der Waals surface area contributed by atoms with Crippen molar-refractivity contribution in [3.8, 4) is 68.0 Å². The maximum absolute atomic E-state index is 12.4. The van der Waals surface area contributed by atoms with Gasteiger partial charge >= 0.3 is 0 Å². The minimum Gasteiger partial charge on any atom is -0.307 e. The Morgan fingerprint density at radius 1 is 0.284 bits per heavy atom. The number of thiophene rings is 2. The Kier molecular flexibility index (Phi) is 9.40. The second-order valence-electron chi connectivity index (χ2n) is 18.9. The Hall–Kier alpha value is -9.56. The van der Waals surface area contributed by atoms with Crippen molar-refractivity contribution in [3.05, 3.63) is 242 Å². The van der Waals surface area contributed by atoms with Gasteiger partial charge in [-0.2, -0.15) is 10.5 Å². The van der Waals surface area contributed by atoms with Gasteiger partial charge in [0.05, 0.1) is 44.6 Å². The fourth-order valence-corrected chi connectivity index (χ4v) is 14.2. The van der Waals surface area contributed by atoms with E-state index in [1.807, 2.05) is 36.4 Å².